The molecule has 162 valence electrons. The Morgan fingerprint density at radius 3 is 2.13 bits per heavy atom. The van der Waals surface area contributed by atoms with E-state index in [-0.39, 0.29) is 29.2 Å². The molecule has 1 N–H and O–H groups in total. The summed E-state index contributed by atoms with van der Waals surface area (Å²) in [5.74, 6) is 0.484. The van der Waals surface area contributed by atoms with E-state index in [1.165, 1.54) is 26.2 Å². The number of rotatable bonds is 6. The van der Waals surface area contributed by atoms with Crippen molar-refractivity contribution in [1.82, 2.24) is 10.3 Å². The van der Waals surface area contributed by atoms with Crippen LogP contribution >= 0.6 is 0 Å². The average Bonchev–Trinajstić information content (AvgIpc) is 2.73. The lowest BCUT2D eigenvalue weighted by molar-refractivity contribution is -0.138. The molecule has 3 aromatic rings. The van der Waals surface area contributed by atoms with Crippen LogP contribution in [-0.4, -0.2) is 18.0 Å². The largest absolute Gasteiger partial charge is 0.481 e. The van der Waals surface area contributed by atoms with Gasteiger partial charge in [0.05, 0.1) is 12.7 Å². The number of pyridine rings is 1. The van der Waals surface area contributed by atoms with Crippen molar-refractivity contribution < 1.29 is 27.4 Å². The minimum absolute atomic E-state index is 0.170. The topological polar surface area (TPSA) is 60.5 Å². The van der Waals surface area contributed by atoms with Gasteiger partial charge in [-0.15, -0.1) is 0 Å². The molecule has 8 heteroatoms. The molecule has 1 heterocycles. The number of hydrogen-bond donors (Lipinski definition) is 1. The highest BCUT2D eigenvalue weighted by molar-refractivity contribution is 5.94. The second-order valence-corrected chi connectivity index (χ2v) is 6.92. The molecule has 31 heavy (non-hydrogen) atoms. The molecule has 0 spiro atoms. The minimum atomic E-state index is -4.60. The monoisotopic (exact) mass is 430 g/mol. The van der Waals surface area contributed by atoms with E-state index in [0.29, 0.717) is 11.5 Å². The van der Waals surface area contributed by atoms with Gasteiger partial charge in [0.2, 0.25) is 5.88 Å². The van der Waals surface area contributed by atoms with Crippen LogP contribution < -0.4 is 14.8 Å². The van der Waals surface area contributed by atoms with Crippen LogP contribution in [0.5, 0.6) is 17.4 Å². The number of amides is 1. The van der Waals surface area contributed by atoms with Crippen LogP contribution in [0.1, 0.15) is 32.7 Å². The first-order valence-electron chi connectivity index (χ1n) is 9.42. The number of alkyl halides is 3. The second kappa shape index (κ2) is 9.07. The fraction of sp³-hybridized carbons (Fsp3) is 0.217. The van der Waals surface area contributed by atoms with Gasteiger partial charge in [-0.2, -0.15) is 13.2 Å². The van der Waals surface area contributed by atoms with Crippen molar-refractivity contribution in [3.8, 4) is 17.4 Å². The second-order valence-electron chi connectivity index (χ2n) is 6.92. The summed E-state index contributed by atoms with van der Waals surface area (Å²) in [7, 11) is 1.24. The molecule has 0 atom stereocenters. The summed E-state index contributed by atoms with van der Waals surface area (Å²) in [6.45, 7) is 3.03. The first-order valence-corrected chi connectivity index (χ1v) is 9.42. The molecule has 3 rings (SSSR count). The van der Waals surface area contributed by atoms with E-state index in [2.05, 4.69) is 10.3 Å². The highest BCUT2D eigenvalue weighted by Crippen LogP contribution is 2.35. The van der Waals surface area contributed by atoms with Gasteiger partial charge in [0.15, 0.2) is 0 Å². The zero-order valence-corrected chi connectivity index (χ0v) is 17.2. The zero-order chi connectivity index (χ0) is 22.6. The van der Waals surface area contributed by atoms with Crippen LogP contribution in [0.15, 0.2) is 54.6 Å². The standard InChI is InChI=1S/C23H21F3N2O3/c1-14-4-8-17(9-5-14)31-18-10-6-16(7-11-18)21(29)27-13-19-20(23(24,25)26)12-15(2)28-22(19)30-3/h4-12H,13H2,1-3H3,(H,27,29). The van der Waals surface area contributed by atoms with E-state index in [4.69, 9.17) is 9.47 Å². The summed E-state index contributed by atoms with van der Waals surface area (Å²) in [4.78, 5) is 16.4. The molecule has 0 aliphatic rings. The van der Waals surface area contributed by atoms with Crippen LogP contribution in [0.3, 0.4) is 0 Å². The first kappa shape index (κ1) is 22.1. The molecule has 0 fully saturated rings. The number of nitrogens with zero attached hydrogens (tertiary/aromatic N) is 1. The van der Waals surface area contributed by atoms with Gasteiger partial charge in [-0.3, -0.25) is 4.79 Å². The lowest BCUT2D eigenvalue weighted by atomic mass is 10.1. The number of aryl methyl sites for hydroxylation is 2. The molecule has 5 nitrogen and oxygen atoms in total. The number of halogens is 3. The quantitative estimate of drug-likeness (QED) is 0.565. The van der Waals surface area contributed by atoms with Gasteiger partial charge in [-0.05, 0) is 56.3 Å². The summed E-state index contributed by atoms with van der Waals surface area (Å²) in [5.41, 5.74) is 0.438. The molecule has 0 bridgehead atoms. The maximum absolute atomic E-state index is 13.4. The Bertz CT molecular complexity index is 1060. The first-order chi connectivity index (χ1) is 14.7. The number of ether oxygens (including phenoxy) is 2. The lowest BCUT2D eigenvalue weighted by Gasteiger charge is -2.17. The van der Waals surface area contributed by atoms with E-state index < -0.39 is 17.6 Å². The fourth-order valence-electron chi connectivity index (χ4n) is 2.95. The van der Waals surface area contributed by atoms with Crippen molar-refractivity contribution in [3.63, 3.8) is 0 Å². The average molecular weight is 430 g/mol. The third-order valence-electron chi connectivity index (χ3n) is 4.51. The third kappa shape index (κ3) is 5.53. The zero-order valence-electron chi connectivity index (χ0n) is 17.2. The molecule has 1 aromatic heterocycles. The Labute approximate surface area is 177 Å². The number of benzene rings is 2. The van der Waals surface area contributed by atoms with E-state index >= 15 is 0 Å². The van der Waals surface area contributed by atoms with Crippen molar-refractivity contribution >= 4 is 5.91 Å². The van der Waals surface area contributed by atoms with Crippen LogP contribution in [0.25, 0.3) is 0 Å². The highest BCUT2D eigenvalue weighted by atomic mass is 19.4. The maximum atomic E-state index is 13.4. The molecular weight excluding hydrogens is 409 g/mol. The lowest BCUT2D eigenvalue weighted by Crippen LogP contribution is -2.25. The molecule has 1 amide bonds. The van der Waals surface area contributed by atoms with Gasteiger partial charge < -0.3 is 14.8 Å². The maximum Gasteiger partial charge on any atom is 0.417 e. The van der Waals surface area contributed by atoms with Crippen molar-refractivity contribution in [2.24, 2.45) is 0 Å². The third-order valence-corrected chi connectivity index (χ3v) is 4.51. The summed E-state index contributed by atoms with van der Waals surface area (Å²) >= 11 is 0. The van der Waals surface area contributed by atoms with Crippen molar-refractivity contribution in [2.45, 2.75) is 26.6 Å². The molecule has 2 aromatic carbocycles. The SMILES string of the molecule is COc1nc(C)cc(C(F)(F)F)c1CNC(=O)c1ccc(Oc2ccc(C)cc2)cc1. The van der Waals surface area contributed by atoms with Crippen LogP contribution in [0, 0.1) is 13.8 Å². The van der Waals surface area contributed by atoms with Crippen molar-refractivity contribution in [2.75, 3.05) is 7.11 Å². The summed E-state index contributed by atoms with van der Waals surface area (Å²) in [6.07, 6.45) is -4.60. The van der Waals surface area contributed by atoms with Gasteiger partial charge in [-0.1, -0.05) is 17.7 Å². The predicted molar refractivity (Wildman–Crippen MR) is 109 cm³/mol. The Balaban J connectivity index is 1.72. The van der Waals surface area contributed by atoms with Crippen LogP contribution in [-0.2, 0) is 12.7 Å². The Kier molecular flexibility index (Phi) is 6.48. The molecule has 0 aliphatic carbocycles. The Morgan fingerprint density at radius 1 is 1.00 bits per heavy atom. The Morgan fingerprint density at radius 2 is 1.58 bits per heavy atom. The van der Waals surface area contributed by atoms with Gasteiger partial charge in [0.25, 0.3) is 5.91 Å². The van der Waals surface area contributed by atoms with Crippen LogP contribution in [0.2, 0.25) is 0 Å². The molecule has 0 saturated carbocycles. The Hall–Kier alpha value is -3.55. The number of carbonyl (C=O) groups is 1. The van der Waals surface area contributed by atoms with Gasteiger partial charge in [-0.25, -0.2) is 4.98 Å². The van der Waals surface area contributed by atoms with E-state index in [9.17, 15) is 18.0 Å². The number of hydrogen-bond acceptors (Lipinski definition) is 4. The molecule has 0 aliphatic heterocycles. The van der Waals surface area contributed by atoms with E-state index in [0.717, 1.165) is 11.6 Å². The normalized spacial score (nSPS) is 11.2. The molecule has 0 saturated heterocycles. The minimum Gasteiger partial charge on any atom is -0.481 e. The summed E-state index contributed by atoms with van der Waals surface area (Å²) in [6, 6.07) is 14.7. The van der Waals surface area contributed by atoms with Crippen LogP contribution in [0.4, 0.5) is 13.2 Å². The number of methoxy groups -OCH3 is 1. The van der Waals surface area contributed by atoms with Crippen molar-refractivity contribution in [3.05, 3.63) is 82.5 Å². The molecular formula is C23H21F3N2O3. The van der Waals surface area contributed by atoms with Gasteiger partial charge in [0.1, 0.15) is 11.5 Å². The number of nitrogens with one attached hydrogen (secondary N) is 1. The number of aromatic nitrogens is 1. The highest BCUT2D eigenvalue weighted by Gasteiger charge is 2.35. The smallest absolute Gasteiger partial charge is 0.417 e. The summed E-state index contributed by atoms with van der Waals surface area (Å²) < 4.78 is 51.0. The fourth-order valence-corrected chi connectivity index (χ4v) is 2.95. The predicted octanol–water partition coefficient (Wildman–Crippen LogP) is 5.45. The van der Waals surface area contributed by atoms with Crippen molar-refractivity contribution in [1.29, 1.82) is 0 Å². The molecule has 0 radical (unpaired) electrons. The van der Waals surface area contributed by atoms with Gasteiger partial charge >= 0.3 is 6.18 Å². The number of carbonyl (C=O) groups excluding carboxylic acids is 1. The van der Waals surface area contributed by atoms with Gasteiger partial charge in [0, 0.05) is 23.4 Å². The van der Waals surface area contributed by atoms with E-state index in [1.807, 2.05) is 31.2 Å². The molecule has 0 unspecified atom stereocenters. The summed E-state index contributed by atoms with van der Waals surface area (Å²) in [5, 5.41) is 2.50. The van der Waals surface area contributed by atoms with E-state index in [1.54, 1.807) is 12.1 Å².